The summed E-state index contributed by atoms with van der Waals surface area (Å²) >= 11 is 7.31. The Morgan fingerprint density at radius 3 is 3.07 bits per heavy atom. The molecule has 15 heavy (non-hydrogen) atoms. The third-order valence-electron chi connectivity index (χ3n) is 2.54. The highest BCUT2D eigenvalue weighted by molar-refractivity contribution is 7.16. The molecule has 1 aromatic rings. The SMILES string of the molecule is CN(c1nc(Cl)c(CO)s1)C1CCOC1. The Balaban J connectivity index is 2.13. The number of ether oxygens (including phenoxy) is 1. The number of halogens is 1. The molecule has 0 spiro atoms. The largest absolute Gasteiger partial charge is 0.391 e. The standard InChI is InChI=1S/C9H13ClN2O2S/c1-12(6-2-3-14-5-6)9-11-8(10)7(4-13)15-9/h6,13H,2-5H2,1H3. The van der Waals surface area contributed by atoms with Gasteiger partial charge in [0, 0.05) is 13.7 Å². The quantitative estimate of drug-likeness (QED) is 0.881. The van der Waals surface area contributed by atoms with E-state index in [2.05, 4.69) is 9.88 Å². The molecule has 1 N–H and O–H groups in total. The number of anilines is 1. The molecule has 1 aliphatic rings. The fourth-order valence-corrected chi connectivity index (χ4v) is 2.70. The van der Waals surface area contributed by atoms with Crippen molar-refractivity contribution in [3.05, 3.63) is 10.0 Å². The number of hydrogen-bond donors (Lipinski definition) is 1. The lowest BCUT2D eigenvalue weighted by atomic mass is 10.2. The summed E-state index contributed by atoms with van der Waals surface area (Å²) in [5.41, 5.74) is 0. The zero-order chi connectivity index (χ0) is 10.8. The zero-order valence-corrected chi connectivity index (χ0v) is 10.0. The molecule has 0 saturated carbocycles. The second-order valence-corrected chi connectivity index (χ2v) is 4.92. The van der Waals surface area contributed by atoms with Gasteiger partial charge in [0.05, 0.1) is 24.1 Å². The van der Waals surface area contributed by atoms with E-state index in [1.54, 1.807) is 0 Å². The number of rotatable bonds is 3. The maximum absolute atomic E-state index is 9.02. The molecule has 6 heteroatoms. The molecule has 1 fully saturated rings. The van der Waals surface area contributed by atoms with Crippen LogP contribution >= 0.6 is 22.9 Å². The third-order valence-corrected chi connectivity index (χ3v) is 4.09. The summed E-state index contributed by atoms with van der Waals surface area (Å²) in [5.74, 6) is 0. The molecular weight excluding hydrogens is 236 g/mol. The summed E-state index contributed by atoms with van der Waals surface area (Å²) in [4.78, 5) is 7.01. The fourth-order valence-electron chi connectivity index (χ4n) is 1.55. The number of aromatic nitrogens is 1. The van der Waals surface area contributed by atoms with Crippen LogP contribution in [0.1, 0.15) is 11.3 Å². The number of hydrogen-bond acceptors (Lipinski definition) is 5. The van der Waals surface area contributed by atoms with Crippen molar-refractivity contribution in [1.29, 1.82) is 0 Å². The molecular formula is C9H13ClN2O2S. The molecule has 1 aliphatic heterocycles. The van der Waals surface area contributed by atoms with E-state index < -0.39 is 0 Å². The number of thiazole rings is 1. The van der Waals surface area contributed by atoms with Gasteiger partial charge in [0.1, 0.15) is 5.15 Å². The summed E-state index contributed by atoms with van der Waals surface area (Å²) in [7, 11) is 1.98. The summed E-state index contributed by atoms with van der Waals surface area (Å²) < 4.78 is 5.32. The highest BCUT2D eigenvalue weighted by Gasteiger charge is 2.23. The molecule has 4 nitrogen and oxygen atoms in total. The van der Waals surface area contributed by atoms with Crippen molar-refractivity contribution < 1.29 is 9.84 Å². The average Bonchev–Trinajstić information content (AvgIpc) is 2.85. The highest BCUT2D eigenvalue weighted by Crippen LogP contribution is 2.31. The Labute approximate surface area is 97.4 Å². The summed E-state index contributed by atoms with van der Waals surface area (Å²) in [6.45, 7) is 1.49. The van der Waals surface area contributed by atoms with Crippen LogP contribution in [0.4, 0.5) is 5.13 Å². The van der Waals surface area contributed by atoms with Crippen molar-refractivity contribution in [1.82, 2.24) is 4.98 Å². The number of aliphatic hydroxyl groups excluding tert-OH is 1. The van der Waals surface area contributed by atoms with Crippen molar-refractivity contribution >= 4 is 28.1 Å². The Morgan fingerprint density at radius 1 is 1.73 bits per heavy atom. The van der Waals surface area contributed by atoms with E-state index in [0.717, 1.165) is 29.6 Å². The van der Waals surface area contributed by atoms with Gasteiger partial charge in [-0.2, -0.15) is 0 Å². The van der Waals surface area contributed by atoms with Crippen LogP contribution in [0.3, 0.4) is 0 Å². The van der Waals surface area contributed by atoms with Gasteiger partial charge in [-0.1, -0.05) is 22.9 Å². The molecule has 84 valence electrons. The number of likely N-dealkylation sites (N-methyl/N-ethyl adjacent to an activating group) is 1. The first-order chi connectivity index (χ1) is 7.22. The second-order valence-electron chi connectivity index (χ2n) is 3.50. The average molecular weight is 249 g/mol. The third kappa shape index (κ3) is 2.25. The molecule has 1 aromatic heterocycles. The van der Waals surface area contributed by atoms with E-state index in [1.165, 1.54) is 11.3 Å². The van der Waals surface area contributed by atoms with Crippen LogP contribution in [-0.2, 0) is 11.3 Å². The predicted octanol–water partition coefficient (Wildman–Crippen LogP) is 1.51. The normalized spacial score (nSPS) is 20.9. The first-order valence-corrected chi connectivity index (χ1v) is 5.98. The van der Waals surface area contributed by atoms with Crippen molar-refractivity contribution in [3.63, 3.8) is 0 Å². The van der Waals surface area contributed by atoms with Crippen LogP contribution in [0.25, 0.3) is 0 Å². The van der Waals surface area contributed by atoms with Crippen molar-refractivity contribution in [2.24, 2.45) is 0 Å². The molecule has 0 bridgehead atoms. The lowest BCUT2D eigenvalue weighted by Gasteiger charge is -2.21. The second kappa shape index (κ2) is 4.65. The van der Waals surface area contributed by atoms with Gasteiger partial charge in [-0.3, -0.25) is 0 Å². The molecule has 1 atom stereocenters. The van der Waals surface area contributed by atoms with Crippen molar-refractivity contribution in [3.8, 4) is 0 Å². The van der Waals surface area contributed by atoms with Crippen molar-refractivity contribution in [2.45, 2.75) is 19.1 Å². The van der Waals surface area contributed by atoms with Gasteiger partial charge in [0.2, 0.25) is 0 Å². The van der Waals surface area contributed by atoms with Gasteiger partial charge in [-0.05, 0) is 6.42 Å². The summed E-state index contributed by atoms with van der Waals surface area (Å²) in [6, 6.07) is 0.374. The van der Waals surface area contributed by atoms with Crippen LogP contribution in [-0.4, -0.2) is 36.4 Å². The smallest absolute Gasteiger partial charge is 0.187 e. The molecule has 0 amide bonds. The first-order valence-electron chi connectivity index (χ1n) is 4.79. The number of nitrogens with zero attached hydrogens (tertiary/aromatic N) is 2. The minimum Gasteiger partial charge on any atom is -0.391 e. The van der Waals surface area contributed by atoms with Crippen molar-refractivity contribution in [2.75, 3.05) is 25.2 Å². The van der Waals surface area contributed by atoms with Gasteiger partial charge in [0.25, 0.3) is 0 Å². The lowest BCUT2D eigenvalue weighted by molar-refractivity contribution is 0.193. The molecule has 0 radical (unpaired) electrons. The summed E-state index contributed by atoms with van der Waals surface area (Å²) in [6.07, 6.45) is 1.02. The molecule has 1 saturated heterocycles. The van der Waals surface area contributed by atoms with E-state index >= 15 is 0 Å². The molecule has 0 aliphatic carbocycles. The topological polar surface area (TPSA) is 45.6 Å². The van der Waals surface area contributed by atoms with Gasteiger partial charge >= 0.3 is 0 Å². The Morgan fingerprint density at radius 2 is 2.53 bits per heavy atom. The Bertz CT molecular complexity index is 339. The van der Waals surface area contributed by atoms with E-state index in [9.17, 15) is 0 Å². The molecule has 2 heterocycles. The molecule has 2 rings (SSSR count). The molecule has 0 aromatic carbocycles. The minimum absolute atomic E-state index is 0.0501. The van der Waals surface area contributed by atoms with E-state index in [1.807, 2.05) is 7.05 Å². The Kier molecular flexibility index (Phi) is 3.45. The Hall–Kier alpha value is -0.360. The van der Waals surface area contributed by atoms with Crippen LogP contribution < -0.4 is 4.90 Å². The zero-order valence-electron chi connectivity index (χ0n) is 8.44. The maximum Gasteiger partial charge on any atom is 0.187 e. The van der Waals surface area contributed by atoms with Crippen LogP contribution in [0.2, 0.25) is 5.15 Å². The van der Waals surface area contributed by atoms with E-state index in [-0.39, 0.29) is 6.61 Å². The fraction of sp³-hybridized carbons (Fsp3) is 0.667. The van der Waals surface area contributed by atoms with E-state index in [0.29, 0.717) is 11.2 Å². The maximum atomic E-state index is 9.02. The summed E-state index contributed by atoms with van der Waals surface area (Å²) in [5, 5.41) is 10.3. The predicted molar refractivity (Wildman–Crippen MR) is 60.7 cm³/mol. The minimum atomic E-state index is -0.0501. The molecule has 1 unspecified atom stereocenters. The van der Waals surface area contributed by atoms with E-state index in [4.69, 9.17) is 21.4 Å². The van der Waals surface area contributed by atoms with Crippen LogP contribution in [0.5, 0.6) is 0 Å². The van der Waals surface area contributed by atoms with Crippen LogP contribution in [0.15, 0.2) is 0 Å². The van der Waals surface area contributed by atoms with Gasteiger partial charge in [0.15, 0.2) is 5.13 Å². The number of aliphatic hydroxyl groups is 1. The van der Waals surface area contributed by atoms with Gasteiger partial charge in [-0.25, -0.2) is 4.98 Å². The first kappa shape index (κ1) is 11.1. The van der Waals surface area contributed by atoms with Gasteiger partial charge in [-0.15, -0.1) is 0 Å². The van der Waals surface area contributed by atoms with Crippen LogP contribution in [0, 0.1) is 0 Å². The monoisotopic (exact) mass is 248 g/mol. The lowest BCUT2D eigenvalue weighted by Crippen LogP contribution is -2.31. The highest BCUT2D eigenvalue weighted by atomic mass is 35.5. The van der Waals surface area contributed by atoms with Gasteiger partial charge < -0.3 is 14.7 Å².